The SMILES string of the molecule is COc1ccc(/C=C/C(=O)CC(=O)/C=C/c2ccc(O)c(OC)c2)cc1O. The summed E-state index contributed by atoms with van der Waals surface area (Å²) in [5.41, 5.74) is 1.27. The van der Waals surface area contributed by atoms with Crippen LogP contribution in [0.1, 0.15) is 17.5 Å². The number of benzene rings is 2. The van der Waals surface area contributed by atoms with E-state index in [1.165, 1.54) is 44.6 Å². The standard InChI is InChI=1S/C21H20O6/c1-26-20-10-6-14(11-19(20)25)3-7-16(22)13-17(23)8-4-15-5-9-18(24)21(12-15)27-2/h3-12,24-25H,13H2,1-2H3/b7-3+,8-4+. The number of hydrogen-bond acceptors (Lipinski definition) is 6. The van der Waals surface area contributed by atoms with Crippen LogP contribution in [0.3, 0.4) is 0 Å². The van der Waals surface area contributed by atoms with Gasteiger partial charge in [0.2, 0.25) is 0 Å². The van der Waals surface area contributed by atoms with Crippen LogP contribution in [0.15, 0.2) is 48.6 Å². The quantitative estimate of drug-likeness (QED) is 0.548. The first-order chi connectivity index (χ1) is 12.9. The van der Waals surface area contributed by atoms with Gasteiger partial charge in [-0.3, -0.25) is 9.59 Å². The van der Waals surface area contributed by atoms with Gasteiger partial charge in [-0.2, -0.15) is 0 Å². The molecule has 0 aliphatic rings. The monoisotopic (exact) mass is 368 g/mol. The fourth-order valence-corrected chi connectivity index (χ4v) is 2.28. The van der Waals surface area contributed by atoms with Crippen LogP contribution in [0.5, 0.6) is 23.0 Å². The predicted molar refractivity (Wildman–Crippen MR) is 102 cm³/mol. The summed E-state index contributed by atoms with van der Waals surface area (Å²) < 4.78 is 9.94. The van der Waals surface area contributed by atoms with E-state index in [0.29, 0.717) is 22.6 Å². The molecule has 2 aromatic carbocycles. The second-order valence-electron chi connectivity index (χ2n) is 5.64. The zero-order valence-corrected chi connectivity index (χ0v) is 15.0. The van der Waals surface area contributed by atoms with Crippen LogP contribution >= 0.6 is 0 Å². The van der Waals surface area contributed by atoms with Gasteiger partial charge in [0.05, 0.1) is 20.6 Å². The number of phenols is 2. The van der Waals surface area contributed by atoms with Crippen molar-refractivity contribution in [2.45, 2.75) is 6.42 Å². The lowest BCUT2D eigenvalue weighted by atomic mass is 10.1. The molecule has 0 saturated carbocycles. The highest BCUT2D eigenvalue weighted by Gasteiger charge is 2.06. The summed E-state index contributed by atoms with van der Waals surface area (Å²) in [5.74, 6) is -0.102. The van der Waals surface area contributed by atoms with Gasteiger partial charge in [-0.05, 0) is 47.5 Å². The molecule has 0 aromatic heterocycles. The van der Waals surface area contributed by atoms with Crippen molar-refractivity contribution < 1.29 is 29.3 Å². The molecule has 0 atom stereocenters. The number of carbonyl (C=O) groups is 2. The van der Waals surface area contributed by atoms with Crippen molar-refractivity contribution >= 4 is 23.7 Å². The van der Waals surface area contributed by atoms with Crippen molar-refractivity contribution in [1.82, 2.24) is 0 Å². The molecule has 2 aromatic rings. The van der Waals surface area contributed by atoms with Gasteiger partial charge < -0.3 is 19.7 Å². The lowest BCUT2D eigenvalue weighted by molar-refractivity contribution is -0.121. The molecule has 0 spiro atoms. The Balaban J connectivity index is 1.95. The number of ether oxygens (including phenoxy) is 2. The number of carbonyl (C=O) groups excluding carboxylic acids is 2. The third kappa shape index (κ3) is 5.74. The van der Waals surface area contributed by atoms with E-state index in [1.807, 2.05) is 0 Å². The van der Waals surface area contributed by atoms with E-state index >= 15 is 0 Å². The average molecular weight is 368 g/mol. The third-order valence-corrected chi connectivity index (χ3v) is 3.68. The molecule has 6 nitrogen and oxygen atoms in total. The minimum Gasteiger partial charge on any atom is -0.504 e. The molecule has 0 bridgehead atoms. The Hall–Kier alpha value is -3.54. The molecule has 0 unspecified atom stereocenters. The van der Waals surface area contributed by atoms with Crippen LogP contribution < -0.4 is 9.47 Å². The Morgan fingerprint density at radius 2 is 1.37 bits per heavy atom. The molecular weight excluding hydrogens is 348 g/mol. The number of allylic oxidation sites excluding steroid dienone is 2. The van der Waals surface area contributed by atoms with E-state index < -0.39 is 0 Å². The maximum absolute atomic E-state index is 11.9. The summed E-state index contributed by atoms with van der Waals surface area (Å²) in [6, 6.07) is 9.39. The molecule has 0 heterocycles. The molecule has 0 aliphatic heterocycles. The molecule has 6 heteroatoms. The number of rotatable bonds is 8. The van der Waals surface area contributed by atoms with Gasteiger partial charge in [0.25, 0.3) is 0 Å². The second kappa shape index (κ2) is 9.24. The Bertz CT molecular complexity index is 896. The smallest absolute Gasteiger partial charge is 0.163 e. The van der Waals surface area contributed by atoms with E-state index in [4.69, 9.17) is 9.47 Å². The molecular formula is C21H20O6. The summed E-state index contributed by atoms with van der Waals surface area (Å²) in [6.07, 6.45) is 5.38. The number of hydrogen-bond donors (Lipinski definition) is 2. The first-order valence-corrected chi connectivity index (χ1v) is 8.08. The van der Waals surface area contributed by atoms with Gasteiger partial charge in [-0.1, -0.05) is 24.3 Å². The zero-order chi connectivity index (χ0) is 19.8. The molecule has 0 fully saturated rings. The van der Waals surface area contributed by atoms with Gasteiger partial charge >= 0.3 is 0 Å². The first kappa shape index (κ1) is 19.8. The molecule has 2 N–H and O–H groups in total. The van der Waals surface area contributed by atoms with Crippen LogP contribution in [0.25, 0.3) is 12.2 Å². The van der Waals surface area contributed by atoms with Crippen LogP contribution in [0.2, 0.25) is 0 Å². The fourth-order valence-electron chi connectivity index (χ4n) is 2.28. The van der Waals surface area contributed by atoms with Crippen LogP contribution in [0, 0.1) is 0 Å². The van der Waals surface area contributed by atoms with Gasteiger partial charge in [-0.25, -0.2) is 0 Å². The molecule has 0 radical (unpaired) electrons. The first-order valence-electron chi connectivity index (χ1n) is 8.08. The fraction of sp³-hybridized carbons (Fsp3) is 0.143. The van der Waals surface area contributed by atoms with Crippen LogP contribution in [0.4, 0.5) is 0 Å². The van der Waals surface area contributed by atoms with E-state index in [0.717, 1.165) is 0 Å². The number of phenolic OH excluding ortho intramolecular Hbond substituents is 2. The molecule has 27 heavy (non-hydrogen) atoms. The Labute approximate surface area is 157 Å². The van der Waals surface area contributed by atoms with Crippen molar-refractivity contribution in [3.8, 4) is 23.0 Å². The van der Waals surface area contributed by atoms with Crippen molar-refractivity contribution in [3.05, 3.63) is 59.7 Å². The maximum Gasteiger partial charge on any atom is 0.163 e. The van der Waals surface area contributed by atoms with Crippen molar-refractivity contribution in [2.24, 2.45) is 0 Å². The number of aromatic hydroxyl groups is 2. The molecule has 0 amide bonds. The summed E-state index contributed by atoms with van der Waals surface area (Å²) in [7, 11) is 2.88. The third-order valence-electron chi connectivity index (χ3n) is 3.68. The number of methoxy groups -OCH3 is 2. The van der Waals surface area contributed by atoms with Gasteiger partial charge in [-0.15, -0.1) is 0 Å². The van der Waals surface area contributed by atoms with Crippen LogP contribution in [-0.2, 0) is 9.59 Å². The molecule has 0 saturated heterocycles. The van der Waals surface area contributed by atoms with Crippen molar-refractivity contribution in [3.63, 3.8) is 0 Å². The normalized spacial score (nSPS) is 11.0. The minimum atomic E-state index is -0.358. The predicted octanol–water partition coefficient (Wildman–Crippen LogP) is 3.37. The lowest BCUT2D eigenvalue weighted by Crippen LogP contribution is -2.01. The van der Waals surface area contributed by atoms with E-state index in [9.17, 15) is 19.8 Å². The Morgan fingerprint density at radius 1 is 0.815 bits per heavy atom. The Morgan fingerprint density at radius 3 is 1.93 bits per heavy atom. The highest BCUT2D eigenvalue weighted by Crippen LogP contribution is 2.27. The summed E-state index contributed by atoms with van der Waals surface area (Å²) >= 11 is 0. The lowest BCUT2D eigenvalue weighted by Gasteiger charge is -2.03. The zero-order valence-electron chi connectivity index (χ0n) is 15.0. The maximum atomic E-state index is 11.9. The van der Waals surface area contributed by atoms with Gasteiger partial charge in [0.15, 0.2) is 34.6 Å². The van der Waals surface area contributed by atoms with Gasteiger partial charge in [0, 0.05) is 0 Å². The summed E-state index contributed by atoms with van der Waals surface area (Å²) in [6.45, 7) is 0. The number of ketones is 2. The summed E-state index contributed by atoms with van der Waals surface area (Å²) in [5, 5.41) is 19.2. The Kier molecular flexibility index (Phi) is 6.77. The van der Waals surface area contributed by atoms with E-state index in [1.54, 1.807) is 30.3 Å². The van der Waals surface area contributed by atoms with Crippen LogP contribution in [-0.4, -0.2) is 36.0 Å². The highest BCUT2D eigenvalue weighted by atomic mass is 16.5. The molecule has 140 valence electrons. The van der Waals surface area contributed by atoms with Gasteiger partial charge in [0.1, 0.15) is 0 Å². The second-order valence-corrected chi connectivity index (χ2v) is 5.64. The van der Waals surface area contributed by atoms with Crippen molar-refractivity contribution in [1.29, 1.82) is 0 Å². The average Bonchev–Trinajstić information content (AvgIpc) is 2.65. The van der Waals surface area contributed by atoms with Crippen molar-refractivity contribution in [2.75, 3.05) is 14.2 Å². The van der Waals surface area contributed by atoms with E-state index in [-0.39, 0.29) is 29.5 Å². The minimum absolute atomic E-state index is 0.00543. The molecule has 0 aliphatic carbocycles. The summed E-state index contributed by atoms with van der Waals surface area (Å²) in [4.78, 5) is 23.8. The largest absolute Gasteiger partial charge is 0.504 e. The highest BCUT2D eigenvalue weighted by molar-refractivity contribution is 6.10. The molecule has 2 rings (SSSR count). The van der Waals surface area contributed by atoms with E-state index in [2.05, 4.69) is 0 Å². The topological polar surface area (TPSA) is 93.1 Å².